The summed E-state index contributed by atoms with van der Waals surface area (Å²) in [6.07, 6.45) is 5.56. The van der Waals surface area contributed by atoms with Gasteiger partial charge < -0.3 is 10.2 Å². The zero-order valence-corrected chi connectivity index (χ0v) is 16.0. The summed E-state index contributed by atoms with van der Waals surface area (Å²) in [7, 11) is 7.47. The zero-order chi connectivity index (χ0) is 17.4. The predicted octanol–water partition coefficient (Wildman–Crippen LogP) is 3.97. The van der Waals surface area contributed by atoms with Crippen molar-refractivity contribution in [3.63, 3.8) is 0 Å². The molecule has 0 radical (unpaired) electrons. The maximum absolute atomic E-state index is 12.0. The van der Waals surface area contributed by atoms with Gasteiger partial charge in [-0.05, 0) is 37.0 Å². The molecule has 1 N–H and O–H groups in total. The number of nitrogens with one attached hydrogen (secondary N) is 1. The average Bonchev–Trinajstić information content (AvgIpc) is 3.06. The first kappa shape index (κ1) is 19.2. The van der Waals surface area contributed by atoms with Gasteiger partial charge in [0.05, 0.1) is 6.42 Å². The van der Waals surface area contributed by atoms with Gasteiger partial charge in [0.15, 0.2) is 0 Å². The second-order valence-corrected chi connectivity index (χ2v) is 9.07. The molecule has 1 atom stereocenters. The molecule has 0 aliphatic carbocycles. The first-order valence-corrected chi connectivity index (χ1v) is 10.8. The van der Waals surface area contributed by atoms with Crippen molar-refractivity contribution in [1.82, 2.24) is 4.90 Å². The van der Waals surface area contributed by atoms with E-state index >= 15 is 0 Å². The van der Waals surface area contributed by atoms with Gasteiger partial charge in [-0.15, -0.1) is 0 Å². The second kappa shape index (κ2) is 9.99. The second-order valence-electron chi connectivity index (χ2n) is 6.28. The molecule has 24 heavy (non-hydrogen) atoms. The number of likely N-dealkylation sites (N-methyl/N-ethyl adjacent to an activating group) is 1. The molecule has 132 valence electrons. The summed E-state index contributed by atoms with van der Waals surface area (Å²) < 4.78 is 0. The van der Waals surface area contributed by atoms with Crippen LogP contribution < -0.4 is 5.32 Å². The van der Waals surface area contributed by atoms with Crippen LogP contribution in [0.5, 0.6) is 0 Å². The van der Waals surface area contributed by atoms with Crippen molar-refractivity contribution in [2.24, 2.45) is 0 Å². The van der Waals surface area contributed by atoms with Crippen LogP contribution in [0.25, 0.3) is 0 Å². The maximum atomic E-state index is 12.0. The standard InChI is InChI=1S/C18H26N2O2S2/c1-20(2)18(22)13-14-7-9-15(10-8-14)19-17(21)6-4-3-5-16-11-12-23-24-16/h7-10,16H,3-6,11-13H2,1-2H3,(H,19,21). The Morgan fingerprint density at radius 1 is 1.21 bits per heavy atom. The van der Waals surface area contributed by atoms with E-state index in [0.29, 0.717) is 12.8 Å². The summed E-state index contributed by atoms with van der Waals surface area (Å²) in [5.74, 6) is 1.41. The van der Waals surface area contributed by atoms with E-state index in [0.717, 1.165) is 29.3 Å². The van der Waals surface area contributed by atoms with Crippen LogP contribution in [0.4, 0.5) is 5.69 Å². The maximum Gasteiger partial charge on any atom is 0.226 e. The van der Waals surface area contributed by atoms with Gasteiger partial charge in [-0.25, -0.2) is 0 Å². The summed E-state index contributed by atoms with van der Waals surface area (Å²) in [6, 6.07) is 7.52. The molecular weight excluding hydrogens is 340 g/mol. The normalized spacial score (nSPS) is 16.8. The van der Waals surface area contributed by atoms with Crippen molar-refractivity contribution < 1.29 is 9.59 Å². The Kier molecular flexibility index (Phi) is 7.99. The van der Waals surface area contributed by atoms with Gasteiger partial charge in [0.2, 0.25) is 11.8 Å². The van der Waals surface area contributed by atoms with Gasteiger partial charge in [-0.3, -0.25) is 9.59 Å². The first-order chi connectivity index (χ1) is 11.5. The lowest BCUT2D eigenvalue weighted by Crippen LogP contribution is -2.23. The van der Waals surface area contributed by atoms with Crippen molar-refractivity contribution >= 4 is 39.1 Å². The SMILES string of the molecule is CN(C)C(=O)Cc1ccc(NC(=O)CCCCC2CCSS2)cc1. The van der Waals surface area contributed by atoms with E-state index in [1.807, 2.05) is 45.9 Å². The molecule has 2 amide bonds. The van der Waals surface area contributed by atoms with Gasteiger partial charge in [0.1, 0.15) is 0 Å². The topological polar surface area (TPSA) is 49.4 Å². The smallest absolute Gasteiger partial charge is 0.226 e. The molecule has 1 aromatic rings. The zero-order valence-electron chi connectivity index (χ0n) is 14.4. The number of carbonyl (C=O) groups is 2. The van der Waals surface area contributed by atoms with Crippen LogP contribution in [0.2, 0.25) is 0 Å². The Morgan fingerprint density at radius 3 is 2.58 bits per heavy atom. The highest BCUT2D eigenvalue weighted by Gasteiger charge is 2.15. The molecule has 1 aliphatic rings. The number of nitrogens with zero attached hydrogens (tertiary/aromatic N) is 1. The highest BCUT2D eigenvalue weighted by Crippen LogP contribution is 2.39. The lowest BCUT2D eigenvalue weighted by Gasteiger charge is -2.11. The van der Waals surface area contributed by atoms with Gasteiger partial charge in [-0.1, -0.05) is 40.1 Å². The monoisotopic (exact) mass is 366 g/mol. The van der Waals surface area contributed by atoms with Crippen molar-refractivity contribution in [2.45, 2.75) is 43.8 Å². The molecule has 1 aliphatic heterocycles. The van der Waals surface area contributed by atoms with Crippen LogP contribution >= 0.6 is 21.6 Å². The molecular formula is C18H26N2O2S2. The lowest BCUT2D eigenvalue weighted by atomic mass is 10.1. The molecule has 0 saturated carbocycles. The molecule has 0 aromatic heterocycles. The van der Waals surface area contributed by atoms with Crippen molar-refractivity contribution in [3.05, 3.63) is 29.8 Å². The minimum Gasteiger partial charge on any atom is -0.349 e. The molecule has 1 unspecified atom stereocenters. The van der Waals surface area contributed by atoms with Crippen LogP contribution in [-0.4, -0.2) is 41.8 Å². The molecule has 6 heteroatoms. The Labute approximate surface area is 152 Å². The van der Waals surface area contributed by atoms with Gasteiger partial charge in [0, 0.05) is 37.2 Å². The van der Waals surface area contributed by atoms with E-state index in [2.05, 4.69) is 5.32 Å². The molecule has 1 saturated heterocycles. The number of carbonyl (C=O) groups excluding carboxylic acids is 2. The van der Waals surface area contributed by atoms with Crippen LogP contribution in [0.3, 0.4) is 0 Å². The minimum absolute atomic E-state index is 0.0700. The van der Waals surface area contributed by atoms with Crippen LogP contribution in [0.15, 0.2) is 24.3 Å². The molecule has 0 bridgehead atoms. The lowest BCUT2D eigenvalue weighted by molar-refractivity contribution is -0.128. The van der Waals surface area contributed by atoms with Gasteiger partial charge in [0.25, 0.3) is 0 Å². The highest BCUT2D eigenvalue weighted by atomic mass is 33.1. The van der Waals surface area contributed by atoms with Crippen LogP contribution in [0.1, 0.15) is 37.7 Å². The number of anilines is 1. The van der Waals surface area contributed by atoms with Crippen LogP contribution in [0, 0.1) is 0 Å². The summed E-state index contributed by atoms with van der Waals surface area (Å²) in [6.45, 7) is 0. The van der Waals surface area contributed by atoms with E-state index in [4.69, 9.17) is 0 Å². The van der Waals surface area contributed by atoms with Gasteiger partial charge >= 0.3 is 0 Å². The van der Waals surface area contributed by atoms with E-state index in [-0.39, 0.29) is 11.8 Å². The van der Waals surface area contributed by atoms with E-state index in [9.17, 15) is 9.59 Å². The number of amides is 2. The summed E-state index contributed by atoms with van der Waals surface area (Å²) in [5.41, 5.74) is 1.75. The first-order valence-electron chi connectivity index (χ1n) is 8.42. The van der Waals surface area contributed by atoms with Crippen molar-refractivity contribution in [2.75, 3.05) is 25.2 Å². The average molecular weight is 367 g/mol. The van der Waals surface area contributed by atoms with Crippen molar-refractivity contribution in [1.29, 1.82) is 0 Å². The fourth-order valence-corrected chi connectivity index (χ4v) is 5.51. The third-order valence-electron chi connectivity index (χ3n) is 4.00. The Balaban J connectivity index is 1.66. The Bertz CT molecular complexity index is 540. The number of hydrogen-bond acceptors (Lipinski definition) is 4. The molecule has 4 nitrogen and oxygen atoms in total. The van der Waals surface area contributed by atoms with Crippen LogP contribution in [-0.2, 0) is 16.0 Å². The largest absolute Gasteiger partial charge is 0.349 e. The van der Waals surface area contributed by atoms with E-state index < -0.39 is 0 Å². The highest BCUT2D eigenvalue weighted by molar-refractivity contribution is 8.77. The summed E-state index contributed by atoms with van der Waals surface area (Å²) >= 11 is 0. The predicted molar refractivity (Wildman–Crippen MR) is 104 cm³/mol. The molecule has 0 spiro atoms. The Hall–Kier alpha value is -1.14. The minimum atomic E-state index is 0.0700. The fraction of sp³-hybridized carbons (Fsp3) is 0.556. The number of rotatable bonds is 8. The quantitative estimate of drug-likeness (QED) is 0.559. The molecule has 1 heterocycles. The fourth-order valence-electron chi connectivity index (χ4n) is 2.48. The van der Waals surface area contributed by atoms with Crippen molar-refractivity contribution in [3.8, 4) is 0 Å². The number of benzene rings is 1. The molecule has 2 rings (SSSR count). The van der Waals surface area contributed by atoms with Gasteiger partial charge in [-0.2, -0.15) is 0 Å². The number of unbranched alkanes of at least 4 members (excludes halogenated alkanes) is 1. The summed E-state index contributed by atoms with van der Waals surface area (Å²) in [5, 5.41) is 3.72. The number of hydrogen-bond donors (Lipinski definition) is 1. The third-order valence-corrected chi connectivity index (χ3v) is 7.01. The molecule has 1 aromatic carbocycles. The Morgan fingerprint density at radius 2 is 1.96 bits per heavy atom. The van der Waals surface area contributed by atoms with E-state index in [1.54, 1.807) is 19.0 Å². The third kappa shape index (κ3) is 6.77. The summed E-state index contributed by atoms with van der Waals surface area (Å²) in [4.78, 5) is 25.2. The molecule has 1 fully saturated rings. The van der Waals surface area contributed by atoms with E-state index in [1.165, 1.54) is 18.6 Å².